The maximum atomic E-state index is 11.6. The van der Waals surface area contributed by atoms with Crippen molar-refractivity contribution in [3.05, 3.63) is 16.2 Å². The molecule has 2 aromatic heterocycles. The summed E-state index contributed by atoms with van der Waals surface area (Å²) in [5, 5.41) is 0.356. The van der Waals surface area contributed by atoms with Gasteiger partial charge in [0.25, 0.3) is 5.56 Å². The van der Waals surface area contributed by atoms with Crippen LogP contribution in [0.2, 0.25) is 0 Å². The number of hydrogen-bond donors (Lipinski definition) is 3. The number of fused-ring (bicyclic) bond motifs is 1. The fraction of sp³-hybridized carbons (Fsp3) is 0.444. The van der Waals surface area contributed by atoms with Gasteiger partial charge in [-0.05, 0) is 18.6 Å². The van der Waals surface area contributed by atoms with Gasteiger partial charge in [-0.1, -0.05) is 0 Å². The van der Waals surface area contributed by atoms with Gasteiger partial charge in [0.05, 0.1) is 5.25 Å². The van der Waals surface area contributed by atoms with Gasteiger partial charge in [-0.2, -0.15) is 16.7 Å². The Hall–Kier alpha value is -1.50. The highest BCUT2D eigenvalue weighted by molar-refractivity contribution is 7.99. The number of rotatable bonds is 1. The Morgan fingerprint density at radius 3 is 3.00 bits per heavy atom. The molecule has 0 radical (unpaired) electrons. The predicted molar refractivity (Wildman–Crippen MR) is 63.4 cm³/mol. The first-order chi connectivity index (χ1) is 7.74. The molecule has 0 aliphatic carbocycles. The van der Waals surface area contributed by atoms with E-state index in [4.69, 9.17) is 5.73 Å². The van der Waals surface area contributed by atoms with Gasteiger partial charge >= 0.3 is 0 Å². The summed E-state index contributed by atoms with van der Waals surface area (Å²) in [5.41, 5.74) is 6.02. The fourth-order valence-corrected chi connectivity index (χ4v) is 3.11. The van der Waals surface area contributed by atoms with Crippen LogP contribution in [-0.2, 0) is 0 Å². The second-order valence-corrected chi connectivity index (χ2v) is 5.08. The van der Waals surface area contributed by atoms with Crippen LogP contribution in [0, 0.1) is 0 Å². The molecule has 1 aliphatic rings. The molecule has 4 N–H and O–H groups in total. The van der Waals surface area contributed by atoms with Crippen molar-refractivity contribution in [1.82, 2.24) is 19.9 Å². The number of nitrogen functional groups attached to an aromatic ring is 1. The van der Waals surface area contributed by atoms with Gasteiger partial charge in [0, 0.05) is 0 Å². The van der Waals surface area contributed by atoms with Crippen LogP contribution in [0.25, 0.3) is 11.2 Å². The van der Waals surface area contributed by atoms with Crippen molar-refractivity contribution in [2.75, 3.05) is 11.5 Å². The molecule has 3 heterocycles. The van der Waals surface area contributed by atoms with Gasteiger partial charge in [-0.3, -0.25) is 9.78 Å². The lowest BCUT2D eigenvalue weighted by atomic mass is 10.2. The molecule has 1 atom stereocenters. The minimum atomic E-state index is -0.260. The van der Waals surface area contributed by atoms with E-state index in [2.05, 4.69) is 19.9 Å². The Morgan fingerprint density at radius 1 is 1.38 bits per heavy atom. The molecule has 16 heavy (non-hydrogen) atoms. The van der Waals surface area contributed by atoms with Crippen molar-refractivity contribution >= 4 is 28.9 Å². The van der Waals surface area contributed by atoms with E-state index in [9.17, 15) is 4.79 Å². The molecule has 3 rings (SSSR count). The number of thioether (sulfide) groups is 1. The van der Waals surface area contributed by atoms with Gasteiger partial charge in [0.15, 0.2) is 11.2 Å². The average molecular weight is 237 g/mol. The maximum Gasteiger partial charge on any atom is 0.278 e. The van der Waals surface area contributed by atoms with Crippen molar-refractivity contribution in [2.45, 2.75) is 18.1 Å². The highest BCUT2D eigenvalue weighted by Gasteiger charge is 2.22. The van der Waals surface area contributed by atoms with E-state index in [1.165, 1.54) is 6.42 Å². The number of imidazole rings is 1. The third-order valence-electron chi connectivity index (χ3n) is 2.63. The highest BCUT2D eigenvalue weighted by Crippen LogP contribution is 2.38. The number of nitrogens with two attached hydrogens (primary N) is 1. The quantitative estimate of drug-likeness (QED) is 0.681. The Morgan fingerprint density at radius 2 is 2.25 bits per heavy atom. The zero-order valence-corrected chi connectivity index (χ0v) is 9.30. The van der Waals surface area contributed by atoms with Crippen LogP contribution in [0.1, 0.15) is 23.9 Å². The Kier molecular flexibility index (Phi) is 2.13. The van der Waals surface area contributed by atoms with Crippen LogP contribution in [0.4, 0.5) is 5.95 Å². The molecule has 84 valence electrons. The molecule has 0 aromatic carbocycles. The summed E-state index contributed by atoms with van der Waals surface area (Å²) >= 11 is 1.86. The first-order valence-corrected chi connectivity index (χ1v) is 6.16. The number of anilines is 1. The summed E-state index contributed by atoms with van der Waals surface area (Å²) in [6.45, 7) is 0. The lowest BCUT2D eigenvalue weighted by Crippen LogP contribution is -2.10. The normalized spacial score (nSPS) is 20.6. The summed E-state index contributed by atoms with van der Waals surface area (Å²) in [7, 11) is 0. The predicted octanol–water partition coefficient (Wildman–Crippen LogP) is 0.796. The maximum absolute atomic E-state index is 11.6. The molecule has 7 heteroatoms. The highest BCUT2D eigenvalue weighted by atomic mass is 32.2. The van der Waals surface area contributed by atoms with Crippen molar-refractivity contribution in [2.24, 2.45) is 0 Å². The lowest BCUT2D eigenvalue weighted by Gasteiger charge is -2.01. The van der Waals surface area contributed by atoms with Gasteiger partial charge in [-0.15, -0.1) is 0 Å². The topological polar surface area (TPSA) is 100 Å². The van der Waals surface area contributed by atoms with Crippen LogP contribution >= 0.6 is 11.8 Å². The largest absolute Gasteiger partial charge is 0.369 e. The molecule has 0 saturated carbocycles. The minimum Gasteiger partial charge on any atom is -0.369 e. The van der Waals surface area contributed by atoms with Gasteiger partial charge < -0.3 is 10.7 Å². The van der Waals surface area contributed by atoms with E-state index in [1.54, 1.807) is 0 Å². The summed E-state index contributed by atoms with van der Waals surface area (Å²) in [4.78, 5) is 25.4. The monoisotopic (exact) mass is 237 g/mol. The zero-order valence-electron chi connectivity index (χ0n) is 8.49. The number of aromatic amines is 2. The van der Waals surface area contributed by atoms with Gasteiger partial charge in [0.1, 0.15) is 5.82 Å². The average Bonchev–Trinajstić information content (AvgIpc) is 2.82. The molecular weight excluding hydrogens is 226 g/mol. The van der Waals surface area contributed by atoms with Crippen LogP contribution in [-0.4, -0.2) is 25.7 Å². The zero-order chi connectivity index (χ0) is 11.1. The third-order valence-corrected chi connectivity index (χ3v) is 4.02. The van der Waals surface area contributed by atoms with Crippen LogP contribution < -0.4 is 11.3 Å². The summed E-state index contributed by atoms with van der Waals surface area (Å²) < 4.78 is 0. The standard InChI is InChI=1S/C9H11N5OS/c10-9-13-7-5(8(15)14-9)11-6(12-7)4-2-1-3-16-4/h4H,1-3H2,(H4,10,11,12,13,14,15). The molecule has 0 spiro atoms. The molecule has 6 nitrogen and oxygen atoms in total. The van der Waals surface area contributed by atoms with Gasteiger partial charge in [-0.25, -0.2) is 4.98 Å². The van der Waals surface area contributed by atoms with E-state index in [0.29, 0.717) is 16.4 Å². The number of nitrogens with zero attached hydrogens (tertiary/aromatic N) is 2. The lowest BCUT2D eigenvalue weighted by molar-refractivity contribution is 0.792. The molecular formula is C9H11N5OS. The van der Waals surface area contributed by atoms with Gasteiger partial charge in [0.2, 0.25) is 5.95 Å². The van der Waals surface area contributed by atoms with Crippen molar-refractivity contribution < 1.29 is 0 Å². The second kappa shape index (κ2) is 3.51. The molecule has 0 amide bonds. The molecule has 1 unspecified atom stereocenters. The number of H-pyrrole nitrogens is 2. The summed E-state index contributed by atoms with van der Waals surface area (Å²) in [6.07, 6.45) is 2.29. The van der Waals surface area contributed by atoms with E-state index in [-0.39, 0.29) is 11.5 Å². The second-order valence-electron chi connectivity index (χ2n) is 3.77. The van der Waals surface area contributed by atoms with E-state index in [0.717, 1.165) is 18.0 Å². The minimum absolute atomic E-state index is 0.106. The molecule has 1 aliphatic heterocycles. The van der Waals surface area contributed by atoms with Crippen molar-refractivity contribution in [3.63, 3.8) is 0 Å². The Bertz CT molecular complexity index is 583. The fourth-order valence-electron chi connectivity index (χ4n) is 1.89. The van der Waals surface area contributed by atoms with Crippen molar-refractivity contribution in [1.29, 1.82) is 0 Å². The van der Waals surface area contributed by atoms with Crippen molar-refractivity contribution in [3.8, 4) is 0 Å². The smallest absolute Gasteiger partial charge is 0.278 e. The molecule has 2 aromatic rings. The van der Waals surface area contributed by atoms with Crippen LogP contribution in [0.15, 0.2) is 4.79 Å². The summed E-state index contributed by atoms with van der Waals surface area (Å²) in [6, 6.07) is 0. The number of aromatic nitrogens is 4. The first-order valence-electron chi connectivity index (χ1n) is 5.11. The summed E-state index contributed by atoms with van der Waals surface area (Å²) in [5.74, 6) is 2.09. The molecule has 0 bridgehead atoms. The van der Waals surface area contributed by atoms with Crippen LogP contribution in [0.5, 0.6) is 0 Å². The Balaban J connectivity index is 2.15. The number of nitrogens with one attached hydrogen (secondary N) is 2. The molecule has 1 saturated heterocycles. The third kappa shape index (κ3) is 1.47. The first kappa shape index (κ1) is 9.71. The molecule has 1 fully saturated rings. The van der Waals surface area contributed by atoms with Crippen LogP contribution in [0.3, 0.4) is 0 Å². The number of hydrogen-bond acceptors (Lipinski definition) is 5. The van der Waals surface area contributed by atoms with E-state index in [1.807, 2.05) is 11.8 Å². The Labute approximate surface area is 95.1 Å². The van der Waals surface area contributed by atoms with E-state index < -0.39 is 0 Å². The SMILES string of the molecule is Nc1nc2nc(C3CCCS3)[nH]c2c(=O)[nH]1. The van der Waals surface area contributed by atoms with E-state index >= 15 is 0 Å².